The molecule has 0 atom stereocenters. The molecule has 0 aliphatic carbocycles. The van der Waals surface area contributed by atoms with Gasteiger partial charge >= 0.3 is 0 Å². The van der Waals surface area contributed by atoms with Gasteiger partial charge in [0.15, 0.2) is 5.76 Å². The van der Waals surface area contributed by atoms with Crippen LogP contribution in [0.25, 0.3) is 12.2 Å². The number of aromatic nitrogens is 1. The van der Waals surface area contributed by atoms with Crippen molar-refractivity contribution in [2.75, 3.05) is 0 Å². The highest BCUT2D eigenvalue weighted by Gasteiger charge is 2.03. The summed E-state index contributed by atoms with van der Waals surface area (Å²) in [7, 11) is 0. The molecular weight excluding hydrogens is 162 g/mol. The Kier molecular flexibility index (Phi) is 3.07. The van der Waals surface area contributed by atoms with E-state index in [1.54, 1.807) is 12.3 Å². The average Bonchev–Trinajstić information content (AvgIpc) is 2.51. The second-order valence-corrected chi connectivity index (χ2v) is 3.39. The summed E-state index contributed by atoms with van der Waals surface area (Å²) in [6, 6.07) is 0. The van der Waals surface area contributed by atoms with Crippen molar-refractivity contribution >= 4 is 12.2 Å². The van der Waals surface area contributed by atoms with Crippen LogP contribution in [0.15, 0.2) is 22.9 Å². The summed E-state index contributed by atoms with van der Waals surface area (Å²) in [6.07, 6.45) is 5.43. The molecule has 0 aliphatic heterocycles. The van der Waals surface area contributed by atoms with Crippen molar-refractivity contribution in [2.24, 2.45) is 5.92 Å². The lowest BCUT2D eigenvalue weighted by molar-refractivity contribution is 0.412. The molecule has 70 valence electrons. The summed E-state index contributed by atoms with van der Waals surface area (Å²) in [6.45, 7) is 10.1. The summed E-state index contributed by atoms with van der Waals surface area (Å²) in [4.78, 5) is 0. The molecule has 0 N–H and O–H groups in total. The van der Waals surface area contributed by atoms with Crippen LogP contribution < -0.4 is 0 Å². The summed E-state index contributed by atoms with van der Waals surface area (Å²) >= 11 is 0. The molecular formula is C11H15NO. The standard InChI is InChI=1S/C11H15NO/c1-5-10-7-12-13-11(10)6-9(4)8(2)3/h5-8H,1H2,2-4H3/b9-6+. The summed E-state index contributed by atoms with van der Waals surface area (Å²) in [5.41, 5.74) is 2.22. The molecule has 1 rings (SSSR count). The molecule has 1 aromatic rings. The Morgan fingerprint density at radius 3 is 2.85 bits per heavy atom. The van der Waals surface area contributed by atoms with Crippen molar-refractivity contribution in [3.63, 3.8) is 0 Å². The predicted octanol–water partition coefficient (Wildman–Crippen LogP) is 3.38. The minimum Gasteiger partial charge on any atom is -0.356 e. The Labute approximate surface area is 78.9 Å². The van der Waals surface area contributed by atoms with Crippen LogP contribution in [0, 0.1) is 5.92 Å². The van der Waals surface area contributed by atoms with Crippen molar-refractivity contribution in [3.05, 3.63) is 29.7 Å². The normalized spacial score (nSPS) is 12.2. The molecule has 0 amide bonds. The van der Waals surface area contributed by atoms with E-state index in [9.17, 15) is 0 Å². The van der Waals surface area contributed by atoms with Crippen molar-refractivity contribution in [3.8, 4) is 0 Å². The van der Waals surface area contributed by atoms with Crippen molar-refractivity contribution < 1.29 is 4.52 Å². The van der Waals surface area contributed by atoms with Crippen molar-refractivity contribution in [1.82, 2.24) is 5.16 Å². The number of rotatable bonds is 3. The number of nitrogens with zero attached hydrogens (tertiary/aromatic N) is 1. The van der Waals surface area contributed by atoms with E-state index < -0.39 is 0 Å². The van der Waals surface area contributed by atoms with E-state index in [4.69, 9.17) is 4.52 Å². The largest absolute Gasteiger partial charge is 0.356 e. The predicted molar refractivity (Wildman–Crippen MR) is 55.1 cm³/mol. The van der Waals surface area contributed by atoms with Gasteiger partial charge in [0.25, 0.3) is 0 Å². The van der Waals surface area contributed by atoms with Gasteiger partial charge in [-0.1, -0.05) is 37.2 Å². The molecule has 2 nitrogen and oxygen atoms in total. The third-order valence-electron chi connectivity index (χ3n) is 2.12. The van der Waals surface area contributed by atoms with Gasteiger partial charge in [0.2, 0.25) is 0 Å². The zero-order valence-corrected chi connectivity index (χ0v) is 8.37. The molecule has 0 unspecified atom stereocenters. The maximum absolute atomic E-state index is 5.08. The van der Waals surface area contributed by atoms with Crippen LogP contribution in [0.5, 0.6) is 0 Å². The second-order valence-electron chi connectivity index (χ2n) is 3.39. The summed E-state index contributed by atoms with van der Waals surface area (Å²) in [5, 5.41) is 3.71. The van der Waals surface area contributed by atoms with Gasteiger partial charge in [-0.2, -0.15) is 0 Å². The van der Waals surface area contributed by atoms with Gasteiger partial charge < -0.3 is 4.52 Å². The SMILES string of the molecule is C=Cc1cnoc1/C=C(\C)C(C)C. The van der Waals surface area contributed by atoms with Crippen molar-refractivity contribution in [2.45, 2.75) is 20.8 Å². The van der Waals surface area contributed by atoms with E-state index >= 15 is 0 Å². The minimum absolute atomic E-state index is 0.530. The van der Waals surface area contributed by atoms with Crippen LogP contribution in [0.2, 0.25) is 0 Å². The first kappa shape index (κ1) is 9.78. The van der Waals surface area contributed by atoms with E-state index in [1.165, 1.54) is 5.57 Å². The van der Waals surface area contributed by atoms with E-state index in [2.05, 4.69) is 32.5 Å². The van der Waals surface area contributed by atoms with E-state index in [-0.39, 0.29) is 0 Å². The molecule has 1 aromatic heterocycles. The molecule has 0 spiro atoms. The van der Waals surface area contributed by atoms with E-state index in [0.29, 0.717) is 5.92 Å². The summed E-state index contributed by atoms with van der Waals surface area (Å²) < 4.78 is 5.08. The zero-order valence-electron chi connectivity index (χ0n) is 8.37. The van der Waals surface area contributed by atoms with Gasteiger partial charge in [-0.05, 0) is 18.9 Å². The van der Waals surface area contributed by atoms with Crippen LogP contribution >= 0.6 is 0 Å². The Hall–Kier alpha value is -1.31. The van der Waals surface area contributed by atoms with E-state index in [1.807, 2.05) is 6.08 Å². The molecule has 0 bridgehead atoms. The van der Waals surface area contributed by atoms with Gasteiger partial charge in [-0.15, -0.1) is 0 Å². The minimum atomic E-state index is 0.530. The lowest BCUT2D eigenvalue weighted by atomic mass is 10.0. The molecule has 2 heteroatoms. The third-order valence-corrected chi connectivity index (χ3v) is 2.12. The van der Waals surface area contributed by atoms with Gasteiger partial charge in [-0.25, -0.2) is 0 Å². The smallest absolute Gasteiger partial charge is 0.166 e. The molecule has 0 aromatic carbocycles. The third kappa shape index (κ3) is 2.31. The fraction of sp³-hybridized carbons (Fsp3) is 0.364. The zero-order chi connectivity index (χ0) is 9.84. The van der Waals surface area contributed by atoms with Gasteiger partial charge in [0.1, 0.15) is 0 Å². The highest BCUT2D eigenvalue weighted by molar-refractivity contribution is 5.60. The van der Waals surface area contributed by atoms with Crippen LogP contribution in [0.1, 0.15) is 32.1 Å². The Morgan fingerprint density at radius 1 is 1.62 bits per heavy atom. The highest BCUT2D eigenvalue weighted by Crippen LogP contribution is 2.17. The molecule has 13 heavy (non-hydrogen) atoms. The quantitative estimate of drug-likeness (QED) is 0.707. The van der Waals surface area contributed by atoms with Crippen LogP contribution in [-0.4, -0.2) is 5.16 Å². The monoisotopic (exact) mass is 177 g/mol. The maximum Gasteiger partial charge on any atom is 0.166 e. The maximum atomic E-state index is 5.08. The first-order valence-corrected chi connectivity index (χ1v) is 4.40. The van der Waals surface area contributed by atoms with E-state index in [0.717, 1.165) is 11.3 Å². The molecule has 0 saturated carbocycles. The lowest BCUT2D eigenvalue weighted by Gasteiger charge is -2.02. The average molecular weight is 177 g/mol. The fourth-order valence-electron chi connectivity index (χ4n) is 0.893. The second kappa shape index (κ2) is 4.08. The molecule has 1 heterocycles. The fourth-order valence-corrected chi connectivity index (χ4v) is 0.893. The number of allylic oxidation sites excluding steroid dienone is 1. The lowest BCUT2D eigenvalue weighted by Crippen LogP contribution is -1.87. The first-order chi connectivity index (χ1) is 6.15. The van der Waals surface area contributed by atoms with Crippen LogP contribution in [0.4, 0.5) is 0 Å². The topological polar surface area (TPSA) is 26.0 Å². The van der Waals surface area contributed by atoms with Gasteiger partial charge in [0, 0.05) is 5.56 Å². The van der Waals surface area contributed by atoms with Crippen LogP contribution in [-0.2, 0) is 0 Å². The van der Waals surface area contributed by atoms with Gasteiger partial charge in [0.05, 0.1) is 6.20 Å². The summed E-state index contributed by atoms with van der Waals surface area (Å²) in [5.74, 6) is 1.32. The molecule has 0 fully saturated rings. The Bertz CT molecular complexity index is 321. The van der Waals surface area contributed by atoms with Crippen molar-refractivity contribution in [1.29, 1.82) is 0 Å². The Balaban J connectivity index is 2.96. The molecule has 0 saturated heterocycles. The molecule has 0 radical (unpaired) electrons. The number of hydrogen-bond donors (Lipinski definition) is 0. The molecule has 0 aliphatic rings. The highest BCUT2D eigenvalue weighted by atomic mass is 16.5. The number of hydrogen-bond acceptors (Lipinski definition) is 2. The Morgan fingerprint density at radius 2 is 2.31 bits per heavy atom. The van der Waals surface area contributed by atoms with Crippen LogP contribution in [0.3, 0.4) is 0 Å². The van der Waals surface area contributed by atoms with Gasteiger partial charge in [-0.3, -0.25) is 0 Å². The first-order valence-electron chi connectivity index (χ1n) is 4.40.